The van der Waals surface area contributed by atoms with Gasteiger partial charge < -0.3 is 10.6 Å². The summed E-state index contributed by atoms with van der Waals surface area (Å²) in [5.74, 6) is 0.610. The highest BCUT2D eigenvalue weighted by molar-refractivity contribution is 5.74. The highest BCUT2D eigenvalue weighted by Crippen LogP contribution is 2.16. The fourth-order valence-electron chi connectivity index (χ4n) is 1.87. The molecular formula is C15H24N2O. The van der Waals surface area contributed by atoms with Gasteiger partial charge in [-0.2, -0.15) is 0 Å². The lowest BCUT2D eigenvalue weighted by Crippen LogP contribution is -2.37. The van der Waals surface area contributed by atoms with Crippen LogP contribution in [0.4, 0.5) is 4.79 Å². The third kappa shape index (κ3) is 4.78. The number of amides is 2. The summed E-state index contributed by atoms with van der Waals surface area (Å²) in [7, 11) is 0. The van der Waals surface area contributed by atoms with Crippen molar-refractivity contribution in [1.29, 1.82) is 0 Å². The van der Waals surface area contributed by atoms with Crippen LogP contribution in [-0.2, 0) is 0 Å². The van der Waals surface area contributed by atoms with Gasteiger partial charge in [-0.05, 0) is 37.3 Å². The molecule has 2 amide bonds. The maximum absolute atomic E-state index is 11.7. The molecule has 0 aromatic heterocycles. The highest BCUT2D eigenvalue weighted by Gasteiger charge is 2.10. The molecule has 1 aromatic rings. The first kappa shape index (κ1) is 14.6. The van der Waals surface area contributed by atoms with Crippen molar-refractivity contribution in [3.8, 4) is 0 Å². The number of hydrogen-bond donors (Lipinski definition) is 2. The Morgan fingerprint density at radius 1 is 1.22 bits per heavy atom. The number of aryl methyl sites for hydroxylation is 1. The van der Waals surface area contributed by atoms with Gasteiger partial charge in [0.15, 0.2) is 0 Å². The quantitative estimate of drug-likeness (QED) is 0.824. The van der Waals surface area contributed by atoms with E-state index in [0.717, 1.165) is 18.5 Å². The molecular weight excluding hydrogens is 224 g/mol. The number of hydrogen-bond acceptors (Lipinski definition) is 1. The van der Waals surface area contributed by atoms with Crippen LogP contribution in [0.15, 0.2) is 24.3 Å². The van der Waals surface area contributed by atoms with E-state index in [4.69, 9.17) is 0 Å². The zero-order valence-corrected chi connectivity index (χ0v) is 11.8. The smallest absolute Gasteiger partial charge is 0.315 e. The minimum absolute atomic E-state index is 0.0326. The molecule has 0 bridgehead atoms. The van der Waals surface area contributed by atoms with E-state index in [9.17, 15) is 4.79 Å². The molecule has 0 saturated heterocycles. The molecule has 0 saturated carbocycles. The highest BCUT2D eigenvalue weighted by atomic mass is 16.2. The topological polar surface area (TPSA) is 41.1 Å². The number of urea groups is 1. The van der Waals surface area contributed by atoms with Crippen molar-refractivity contribution in [3.63, 3.8) is 0 Å². The van der Waals surface area contributed by atoms with Crippen molar-refractivity contribution in [3.05, 3.63) is 35.4 Å². The largest absolute Gasteiger partial charge is 0.338 e. The molecule has 3 heteroatoms. The van der Waals surface area contributed by atoms with Gasteiger partial charge in [-0.25, -0.2) is 4.79 Å². The molecule has 0 aliphatic carbocycles. The third-order valence-corrected chi connectivity index (χ3v) is 3.01. The van der Waals surface area contributed by atoms with Crippen LogP contribution in [0, 0.1) is 12.8 Å². The summed E-state index contributed by atoms with van der Waals surface area (Å²) in [6, 6.07) is 8.06. The van der Waals surface area contributed by atoms with E-state index in [-0.39, 0.29) is 12.1 Å². The number of nitrogens with one attached hydrogen (secondary N) is 2. The maximum atomic E-state index is 11.7. The van der Waals surface area contributed by atoms with Gasteiger partial charge >= 0.3 is 6.03 Å². The van der Waals surface area contributed by atoms with E-state index in [1.165, 1.54) is 5.56 Å². The van der Waals surface area contributed by atoms with Gasteiger partial charge in [-0.15, -0.1) is 0 Å². The molecule has 0 heterocycles. The molecule has 1 unspecified atom stereocenters. The molecule has 0 aliphatic rings. The van der Waals surface area contributed by atoms with Crippen molar-refractivity contribution in [1.82, 2.24) is 10.6 Å². The second-order valence-electron chi connectivity index (χ2n) is 5.16. The summed E-state index contributed by atoms with van der Waals surface area (Å²) in [6.45, 7) is 9.09. The monoisotopic (exact) mass is 248 g/mol. The fourth-order valence-corrected chi connectivity index (χ4v) is 1.87. The van der Waals surface area contributed by atoms with Crippen molar-refractivity contribution >= 4 is 6.03 Å². The SMILES string of the molecule is Cc1ccccc1C(C)NC(=O)NCCC(C)C. The lowest BCUT2D eigenvalue weighted by atomic mass is 10.0. The Balaban J connectivity index is 2.42. The lowest BCUT2D eigenvalue weighted by molar-refractivity contribution is 0.237. The molecule has 0 fully saturated rings. The first-order chi connectivity index (χ1) is 8.50. The van der Waals surface area contributed by atoms with Crippen molar-refractivity contribution in [2.75, 3.05) is 6.54 Å². The Bertz CT molecular complexity index is 388. The van der Waals surface area contributed by atoms with Crippen LogP contribution < -0.4 is 10.6 Å². The van der Waals surface area contributed by atoms with E-state index in [0.29, 0.717) is 5.92 Å². The van der Waals surface area contributed by atoms with E-state index >= 15 is 0 Å². The first-order valence-electron chi connectivity index (χ1n) is 6.60. The van der Waals surface area contributed by atoms with Crippen molar-refractivity contribution in [2.45, 2.75) is 40.2 Å². The Labute approximate surface area is 110 Å². The van der Waals surface area contributed by atoms with Crippen molar-refractivity contribution < 1.29 is 4.79 Å². The Hall–Kier alpha value is -1.51. The maximum Gasteiger partial charge on any atom is 0.315 e. The van der Waals surface area contributed by atoms with Gasteiger partial charge in [0.05, 0.1) is 6.04 Å². The molecule has 18 heavy (non-hydrogen) atoms. The van der Waals surface area contributed by atoms with Gasteiger partial charge in [-0.1, -0.05) is 38.1 Å². The van der Waals surface area contributed by atoms with Crippen LogP contribution in [0.5, 0.6) is 0 Å². The zero-order valence-electron chi connectivity index (χ0n) is 11.8. The normalized spacial score (nSPS) is 12.3. The number of carbonyl (C=O) groups excluding carboxylic acids is 1. The van der Waals surface area contributed by atoms with Gasteiger partial charge in [-0.3, -0.25) is 0 Å². The second kappa shape index (κ2) is 7.04. The van der Waals surface area contributed by atoms with Gasteiger partial charge in [0.2, 0.25) is 0 Å². The summed E-state index contributed by atoms with van der Waals surface area (Å²) < 4.78 is 0. The Morgan fingerprint density at radius 2 is 1.89 bits per heavy atom. The molecule has 1 aromatic carbocycles. The van der Waals surface area contributed by atoms with Crippen LogP contribution in [-0.4, -0.2) is 12.6 Å². The van der Waals surface area contributed by atoms with Crippen LogP contribution >= 0.6 is 0 Å². The average Bonchev–Trinajstić information content (AvgIpc) is 2.28. The minimum atomic E-state index is -0.0913. The summed E-state index contributed by atoms with van der Waals surface area (Å²) in [5, 5.41) is 5.84. The molecule has 1 rings (SSSR count). The number of rotatable bonds is 5. The number of carbonyl (C=O) groups is 1. The Kier molecular flexibility index (Phi) is 5.69. The minimum Gasteiger partial charge on any atom is -0.338 e. The van der Waals surface area contributed by atoms with Gasteiger partial charge in [0.1, 0.15) is 0 Å². The average molecular weight is 248 g/mol. The summed E-state index contributed by atoms with van der Waals surface area (Å²) >= 11 is 0. The van der Waals surface area contributed by atoms with E-state index in [1.54, 1.807) is 0 Å². The second-order valence-corrected chi connectivity index (χ2v) is 5.16. The van der Waals surface area contributed by atoms with Crippen LogP contribution in [0.2, 0.25) is 0 Å². The fraction of sp³-hybridized carbons (Fsp3) is 0.533. The molecule has 0 spiro atoms. The van der Waals surface area contributed by atoms with Crippen LogP contribution in [0.25, 0.3) is 0 Å². The molecule has 1 atom stereocenters. The summed E-state index contributed by atoms with van der Waals surface area (Å²) in [6.07, 6.45) is 1.01. The van der Waals surface area contributed by atoms with Gasteiger partial charge in [0.25, 0.3) is 0 Å². The van der Waals surface area contributed by atoms with Crippen LogP contribution in [0.1, 0.15) is 44.4 Å². The van der Waals surface area contributed by atoms with E-state index < -0.39 is 0 Å². The predicted octanol–water partition coefficient (Wildman–Crippen LogP) is 3.40. The molecule has 0 aliphatic heterocycles. The van der Waals surface area contributed by atoms with Crippen LogP contribution in [0.3, 0.4) is 0 Å². The first-order valence-corrected chi connectivity index (χ1v) is 6.60. The number of benzene rings is 1. The molecule has 2 N–H and O–H groups in total. The van der Waals surface area contributed by atoms with Gasteiger partial charge in [0, 0.05) is 6.54 Å². The predicted molar refractivity (Wildman–Crippen MR) is 75.6 cm³/mol. The van der Waals surface area contributed by atoms with E-state index in [1.807, 2.05) is 25.1 Å². The standard InChI is InChI=1S/C15H24N2O/c1-11(2)9-10-16-15(18)17-13(4)14-8-6-5-7-12(14)3/h5-8,11,13H,9-10H2,1-4H3,(H2,16,17,18). The lowest BCUT2D eigenvalue weighted by Gasteiger charge is -2.17. The molecule has 0 radical (unpaired) electrons. The molecule has 100 valence electrons. The summed E-state index contributed by atoms with van der Waals surface area (Å²) in [5.41, 5.74) is 2.36. The van der Waals surface area contributed by atoms with E-state index in [2.05, 4.69) is 37.5 Å². The zero-order chi connectivity index (χ0) is 13.5. The molecule has 3 nitrogen and oxygen atoms in total. The van der Waals surface area contributed by atoms with Crippen molar-refractivity contribution in [2.24, 2.45) is 5.92 Å². The Morgan fingerprint density at radius 3 is 2.50 bits per heavy atom. The summed E-state index contributed by atoms with van der Waals surface area (Å²) in [4.78, 5) is 11.7. The third-order valence-electron chi connectivity index (χ3n) is 3.01.